The Kier molecular flexibility index (Phi) is 6.85. The zero-order valence-electron chi connectivity index (χ0n) is 19.5. The minimum absolute atomic E-state index is 0.235. The Balaban J connectivity index is 1.50. The monoisotopic (exact) mass is 441 g/mol. The Labute approximate surface area is 195 Å². The summed E-state index contributed by atoms with van der Waals surface area (Å²) in [7, 11) is 0. The molecule has 0 aliphatic carbocycles. The van der Waals surface area contributed by atoms with Gasteiger partial charge in [-0.3, -0.25) is 4.90 Å². The highest BCUT2D eigenvalue weighted by Gasteiger charge is 2.26. The third kappa shape index (κ3) is 5.85. The second-order valence-electron chi connectivity index (χ2n) is 9.49. The van der Waals surface area contributed by atoms with Gasteiger partial charge in [-0.05, 0) is 58.2 Å². The van der Waals surface area contributed by atoms with Crippen molar-refractivity contribution in [3.63, 3.8) is 0 Å². The second-order valence-corrected chi connectivity index (χ2v) is 9.49. The maximum Gasteiger partial charge on any atom is 0.158 e. The highest BCUT2D eigenvalue weighted by molar-refractivity contribution is 5.79. The predicted octanol–water partition coefficient (Wildman–Crippen LogP) is 5.08. The van der Waals surface area contributed by atoms with Crippen LogP contribution in [0.2, 0.25) is 0 Å². The SMILES string of the molecule is CC(C)(C)N1CCC(CNc2cc(Nc3cnc(C#N)cn3)ncc2-c2ccccc2)CC1. The van der Waals surface area contributed by atoms with E-state index in [1.807, 2.05) is 36.5 Å². The van der Waals surface area contributed by atoms with Crippen LogP contribution in [-0.2, 0) is 0 Å². The van der Waals surface area contributed by atoms with Gasteiger partial charge in [0.15, 0.2) is 5.69 Å². The molecule has 170 valence electrons. The smallest absolute Gasteiger partial charge is 0.158 e. The van der Waals surface area contributed by atoms with E-state index in [1.54, 1.807) is 6.20 Å². The number of likely N-dealkylation sites (tertiary alicyclic amines) is 1. The van der Waals surface area contributed by atoms with Crippen LogP contribution < -0.4 is 10.6 Å². The second kappa shape index (κ2) is 9.97. The molecule has 1 aliphatic rings. The molecule has 2 N–H and O–H groups in total. The van der Waals surface area contributed by atoms with Crippen molar-refractivity contribution in [1.82, 2.24) is 19.9 Å². The van der Waals surface area contributed by atoms with Gasteiger partial charge in [0.25, 0.3) is 0 Å². The molecule has 7 heteroatoms. The molecular weight excluding hydrogens is 410 g/mol. The van der Waals surface area contributed by atoms with E-state index in [1.165, 1.54) is 19.0 Å². The van der Waals surface area contributed by atoms with E-state index in [2.05, 4.69) is 63.4 Å². The van der Waals surface area contributed by atoms with Crippen LogP contribution in [0.15, 0.2) is 55.0 Å². The molecule has 4 rings (SSSR count). The van der Waals surface area contributed by atoms with Crippen molar-refractivity contribution >= 4 is 17.3 Å². The van der Waals surface area contributed by atoms with Crippen LogP contribution in [0.3, 0.4) is 0 Å². The van der Waals surface area contributed by atoms with E-state index in [4.69, 9.17) is 5.26 Å². The molecule has 0 spiro atoms. The van der Waals surface area contributed by atoms with Gasteiger partial charge in [-0.15, -0.1) is 0 Å². The molecule has 7 nitrogen and oxygen atoms in total. The van der Waals surface area contributed by atoms with Crippen LogP contribution in [0.1, 0.15) is 39.3 Å². The molecule has 3 heterocycles. The fourth-order valence-corrected chi connectivity index (χ4v) is 4.16. The van der Waals surface area contributed by atoms with Gasteiger partial charge >= 0.3 is 0 Å². The lowest BCUT2D eigenvalue weighted by molar-refractivity contribution is 0.0903. The molecule has 0 unspecified atom stereocenters. The largest absolute Gasteiger partial charge is 0.384 e. The first kappa shape index (κ1) is 22.7. The number of nitriles is 1. The standard InChI is InChI=1S/C26H31N7/c1-26(2,3)33-11-9-19(10-12-33)15-29-23-13-24(32-25-18-28-21(14-27)16-30-25)31-17-22(23)20-7-5-4-6-8-20/h4-8,13,16-19H,9-12,15H2,1-3H3,(H2,29,30,31,32). The quantitative estimate of drug-likeness (QED) is 0.551. The van der Waals surface area contributed by atoms with E-state index >= 15 is 0 Å². The summed E-state index contributed by atoms with van der Waals surface area (Å²) in [5, 5.41) is 15.8. The Bertz CT molecular complexity index is 1090. The number of hydrogen-bond donors (Lipinski definition) is 2. The van der Waals surface area contributed by atoms with Crippen LogP contribution in [0.4, 0.5) is 17.3 Å². The maximum atomic E-state index is 8.92. The summed E-state index contributed by atoms with van der Waals surface area (Å²) in [6.45, 7) is 10.1. The average molecular weight is 442 g/mol. The minimum Gasteiger partial charge on any atom is -0.384 e. The van der Waals surface area contributed by atoms with Gasteiger partial charge < -0.3 is 10.6 Å². The number of rotatable bonds is 6. The van der Waals surface area contributed by atoms with Gasteiger partial charge in [0.1, 0.15) is 17.7 Å². The van der Waals surface area contributed by atoms with Crippen molar-refractivity contribution in [1.29, 1.82) is 5.26 Å². The van der Waals surface area contributed by atoms with Crippen molar-refractivity contribution in [2.75, 3.05) is 30.3 Å². The van der Waals surface area contributed by atoms with Gasteiger partial charge in [0.05, 0.1) is 12.4 Å². The molecule has 1 aliphatic heterocycles. The first-order valence-electron chi connectivity index (χ1n) is 11.5. The Hall–Kier alpha value is -3.50. The molecule has 2 aromatic heterocycles. The first-order valence-corrected chi connectivity index (χ1v) is 11.5. The summed E-state index contributed by atoms with van der Waals surface area (Å²) in [5.41, 5.74) is 3.75. The molecule has 0 amide bonds. The van der Waals surface area contributed by atoms with Crippen molar-refractivity contribution in [3.8, 4) is 17.2 Å². The predicted molar refractivity (Wildman–Crippen MR) is 132 cm³/mol. The van der Waals surface area contributed by atoms with Crippen LogP contribution in [0.5, 0.6) is 0 Å². The Morgan fingerprint density at radius 1 is 1.00 bits per heavy atom. The molecule has 3 aromatic rings. The molecule has 1 fully saturated rings. The van der Waals surface area contributed by atoms with Gasteiger partial charge in [0, 0.05) is 35.6 Å². The summed E-state index contributed by atoms with van der Waals surface area (Å²) in [5.74, 6) is 1.87. The molecule has 0 atom stereocenters. The lowest BCUT2D eigenvalue weighted by Crippen LogP contribution is -2.46. The molecule has 1 saturated heterocycles. The highest BCUT2D eigenvalue weighted by atomic mass is 15.2. The van der Waals surface area contributed by atoms with Crippen molar-refractivity contribution in [2.45, 2.75) is 39.2 Å². The summed E-state index contributed by atoms with van der Waals surface area (Å²) in [6.07, 6.45) is 7.27. The normalized spacial score (nSPS) is 15.1. The van der Waals surface area contributed by atoms with Crippen LogP contribution in [-0.4, -0.2) is 45.0 Å². The highest BCUT2D eigenvalue weighted by Crippen LogP contribution is 2.31. The minimum atomic E-state index is 0.235. The van der Waals surface area contributed by atoms with E-state index in [0.717, 1.165) is 36.4 Å². The van der Waals surface area contributed by atoms with Crippen LogP contribution in [0, 0.1) is 17.2 Å². The molecule has 1 aromatic carbocycles. The molecule has 0 radical (unpaired) electrons. The fourth-order valence-electron chi connectivity index (χ4n) is 4.16. The van der Waals surface area contributed by atoms with Crippen LogP contribution in [0.25, 0.3) is 11.1 Å². The number of nitrogens with one attached hydrogen (secondary N) is 2. The lowest BCUT2D eigenvalue weighted by Gasteiger charge is -2.41. The van der Waals surface area contributed by atoms with Gasteiger partial charge in [-0.25, -0.2) is 15.0 Å². The zero-order chi connectivity index (χ0) is 23.3. The van der Waals surface area contributed by atoms with E-state index in [9.17, 15) is 0 Å². The zero-order valence-corrected chi connectivity index (χ0v) is 19.5. The first-order chi connectivity index (χ1) is 15.9. The van der Waals surface area contributed by atoms with E-state index in [-0.39, 0.29) is 11.2 Å². The van der Waals surface area contributed by atoms with Gasteiger partial charge in [0.2, 0.25) is 0 Å². The Morgan fingerprint density at radius 2 is 1.73 bits per heavy atom. The lowest BCUT2D eigenvalue weighted by atomic mass is 9.93. The topological polar surface area (TPSA) is 89.8 Å². The summed E-state index contributed by atoms with van der Waals surface area (Å²) in [6, 6.07) is 14.3. The van der Waals surface area contributed by atoms with E-state index < -0.39 is 0 Å². The molecule has 0 saturated carbocycles. The third-order valence-corrected chi connectivity index (χ3v) is 6.16. The summed E-state index contributed by atoms with van der Waals surface area (Å²) >= 11 is 0. The summed E-state index contributed by atoms with van der Waals surface area (Å²) < 4.78 is 0. The third-order valence-electron chi connectivity index (χ3n) is 6.16. The molecular formula is C26H31N7. The molecule has 0 bridgehead atoms. The van der Waals surface area contributed by atoms with Gasteiger partial charge in [-0.2, -0.15) is 5.26 Å². The Morgan fingerprint density at radius 3 is 2.36 bits per heavy atom. The average Bonchev–Trinajstić information content (AvgIpc) is 2.83. The number of benzene rings is 1. The summed E-state index contributed by atoms with van der Waals surface area (Å²) in [4.78, 5) is 15.5. The fraction of sp³-hybridized carbons (Fsp3) is 0.385. The number of pyridine rings is 1. The van der Waals surface area contributed by atoms with Crippen LogP contribution >= 0.6 is 0 Å². The number of aromatic nitrogens is 3. The maximum absolute atomic E-state index is 8.92. The van der Waals surface area contributed by atoms with E-state index in [0.29, 0.717) is 17.6 Å². The van der Waals surface area contributed by atoms with Crippen molar-refractivity contribution < 1.29 is 0 Å². The number of hydrogen-bond acceptors (Lipinski definition) is 7. The van der Waals surface area contributed by atoms with Crippen molar-refractivity contribution in [3.05, 3.63) is 60.7 Å². The number of anilines is 3. The number of nitrogens with zero attached hydrogens (tertiary/aromatic N) is 5. The number of piperidine rings is 1. The van der Waals surface area contributed by atoms with Crippen molar-refractivity contribution in [2.24, 2.45) is 5.92 Å². The van der Waals surface area contributed by atoms with Gasteiger partial charge in [-0.1, -0.05) is 30.3 Å². The molecule has 33 heavy (non-hydrogen) atoms.